The lowest BCUT2D eigenvalue weighted by atomic mass is 9.94. The highest BCUT2D eigenvalue weighted by Gasteiger charge is 2.17. The van der Waals surface area contributed by atoms with Gasteiger partial charge in [-0.1, -0.05) is 25.1 Å². The molecule has 0 aliphatic rings. The molecule has 5 heteroatoms. The molecule has 19 heavy (non-hydrogen) atoms. The number of hydrogen-bond acceptors (Lipinski definition) is 3. The highest BCUT2D eigenvalue weighted by molar-refractivity contribution is 5.23. The largest absolute Gasteiger partial charge is 0.316 e. The molecule has 0 saturated heterocycles. The molecule has 1 atom stereocenters. The minimum absolute atomic E-state index is 0.0593. The van der Waals surface area contributed by atoms with Crippen LogP contribution in [0.1, 0.15) is 24.2 Å². The van der Waals surface area contributed by atoms with Crippen LogP contribution in [0.25, 0.3) is 0 Å². The maximum Gasteiger partial charge on any atom is 0.138 e. The molecular weight excluding hydrogens is 243 g/mol. The Kier molecular flexibility index (Phi) is 4.63. The van der Waals surface area contributed by atoms with Crippen molar-refractivity contribution >= 4 is 0 Å². The zero-order valence-corrected chi connectivity index (χ0v) is 11.3. The first-order valence-electron chi connectivity index (χ1n) is 6.50. The molecule has 0 bridgehead atoms. The summed E-state index contributed by atoms with van der Waals surface area (Å²) in [6.45, 7) is 3.63. The van der Waals surface area contributed by atoms with E-state index in [1.54, 1.807) is 10.7 Å². The van der Waals surface area contributed by atoms with Crippen molar-refractivity contribution in [3.63, 3.8) is 0 Å². The fraction of sp³-hybridized carbons (Fsp3) is 0.429. The molecule has 1 N–H and O–H groups in total. The van der Waals surface area contributed by atoms with Gasteiger partial charge in [-0.05, 0) is 18.2 Å². The molecule has 1 unspecified atom stereocenters. The van der Waals surface area contributed by atoms with Crippen LogP contribution in [-0.4, -0.2) is 27.9 Å². The highest BCUT2D eigenvalue weighted by Crippen LogP contribution is 2.22. The van der Waals surface area contributed by atoms with Crippen molar-refractivity contribution in [3.05, 3.63) is 47.8 Å². The van der Waals surface area contributed by atoms with Gasteiger partial charge in [-0.2, -0.15) is 5.10 Å². The van der Waals surface area contributed by atoms with E-state index in [-0.39, 0.29) is 11.7 Å². The first-order chi connectivity index (χ1) is 9.22. The Hall–Kier alpha value is -1.75. The van der Waals surface area contributed by atoms with E-state index in [2.05, 4.69) is 15.4 Å². The molecule has 4 nitrogen and oxygen atoms in total. The number of nitrogens with one attached hydrogen (secondary N) is 1. The van der Waals surface area contributed by atoms with Crippen molar-refractivity contribution in [2.75, 3.05) is 13.1 Å². The number of halogens is 1. The van der Waals surface area contributed by atoms with Crippen molar-refractivity contribution in [1.82, 2.24) is 20.1 Å². The summed E-state index contributed by atoms with van der Waals surface area (Å²) >= 11 is 0. The van der Waals surface area contributed by atoms with Crippen molar-refractivity contribution in [1.29, 1.82) is 0 Å². The molecule has 0 saturated carbocycles. The minimum atomic E-state index is -0.160. The SMILES string of the molecule is CCNCC(Cc1ncnn1C)c1ccccc1F. The average Bonchev–Trinajstić information content (AvgIpc) is 2.81. The number of rotatable bonds is 6. The summed E-state index contributed by atoms with van der Waals surface area (Å²) in [7, 11) is 1.86. The monoisotopic (exact) mass is 262 g/mol. The van der Waals surface area contributed by atoms with Gasteiger partial charge in [0, 0.05) is 25.9 Å². The van der Waals surface area contributed by atoms with Crippen molar-refractivity contribution < 1.29 is 4.39 Å². The zero-order valence-electron chi connectivity index (χ0n) is 11.3. The van der Waals surface area contributed by atoms with E-state index >= 15 is 0 Å². The fourth-order valence-electron chi connectivity index (χ4n) is 2.14. The van der Waals surface area contributed by atoms with Gasteiger partial charge >= 0.3 is 0 Å². The van der Waals surface area contributed by atoms with Crippen molar-refractivity contribution in [2.24, 2.45) is 7.05 Å². The summed E-state index contributed by atoms with van der Waals surface area (Å²) in [6, 6.07) is 6.93. The van der Waals surface area contributed by atoms with Gasteiger partial charge in [0.05, 0.1) is 0 Å². The maximum absolute atomic E-state index is 13.9. The summed E-state index contributed by atoms with van der Waals surface area (Å²) in [4.78, 5) is 4.22. The van der Waals surface area contributed by atoms with Crippen LogP contribution >= 0.6 is 0 Å². The quantitative estimate of drug-likeness (QED) is 0.864. The third-order valence-corrected chi connectivity index (χ3v) is 3.22. The van der Waals surface area contributed by atoms with E-state index in [4.69, 9.17) is 0 Å². The first kappa shape index (κ1) is 13.7. The first-order valence-corrected chi connectivity index (χ1v) is 6.50. The second-order valence-electron chi connectivity index (χ2n) is 4.53. The zero-order chi connectivity index (χ0) is 13.7. The van der Waals surface area contributed by atoms with E-state index in [1.807, 2.05) is 26.1 Å². The molecule has 1 aromatic heterocycles. The predicted molar refractivity (Wildman–Crippen MR) is 72.4 cm³/mol. The second-order valence-corrected chi connectivity index (χ2v) is 4.53. The van der Waals surface area contributed by atoms with Crippen LogP contribution in [0.4, 0.5) is 4.39 Å². The van der Waals surface area contributed by atoms with Crippen LogP contribution in [0.3, 0.4) is 0 Å². The Balaban J connectivity index is 2.21. The molecule has 1 heterocycles. The molecule has 0 radical (unpaired) electrons. The molecule has 2 aromatic rings. The van der Waals surface area contributed by atoms with Gasteiger partial charge in [0.1, 0.15) is 18.0 Å². The van der Waals surface area contributed by atoms with Gasteiger partial charge in [-0.25, -0.2) is 9.37 Å². The number of likely N-dealkylation sites (N-methyl/N-ethyl adjacent to an activating group) is 1. The van der Waals surface area contributed by atoms with Gasteiger partial charge < -0.3 is 5.32 Å². The lowest BCUT2D eigenvalue weighted by molar-refractivity contribution is 0.527. The molecule has 0 spiro atoms. The Morgan fingerprint density at radius 1 is 1.37 bits per heavy atom. The summed E-state index contributed by atoms with van der Waals surface area (Å²) in [5, 5.41) is 7.34. The summed E-state index contributed by atoms with van der Waals surface area (Å²) < 4.78 is 15.7. The van der Waals surface area contributed by atoms with Gasteiger partial charge in [0.25, 0.3) is 0 Å². The van der Waals surface area contributed by atoms with Gasteiger partial charge in [-0.15, -0.1) is 0 Å². The maximum atomic E-state index is 13.9. The molecule has 2 rings (SSSR count). The van der Waals surface area contributed by atoms with E-state index in [0.29, 0.717) is 6.42 Å². The number of benzene rings is 1. The van der Waals surface area contributed by atoms with Crippen LogP contribution < -0.4 is 5.32 Å². The molecule has 0 amide bonds. The Labute approximate surface area is 112 Å². The fourth-order valence-corrected chi connectivity index (χ4v) is 2.14. The minimum Gasteiger partial charge on any atom is -0.316 e. The van der Waals surface area contributed by atoms with E-state index < -0.39 is 0 Å². The van der Waals surface area contributed by atoms with E-state index in [9.17, 15) is 4.39 Å². The van der Waals surface area contributed by atoms with Crippen LogP contribution in [0, 0.1) is 5.82 Å². The molecule has 0 fully saturated rings. The van der Waals surface area contributed by atoms with Crippen LogP contribution in [0.2, 0.25) is 0 Å². The average molecular weight is 262 g/mol. The number of aryl methyl sites for hydroxylation is 1. The number of hydrogen-bond donors (Lipinski definition) is 1. The summed E-state index contributed by atoms with van der Waals surface area (Å²) in [5.74, 6) is 0.766. The van der Waals surface area contributed by atoms with Crippen molar-refractivity contribution in [2.45, 2.75) is 19.3 Å². The Morgan fingerprint density at radius 2 is 2.16 bits per heavy atom. The molecule has 1 aromatic carbocycles. The molecule has 0 aliphatic heterocycles. The number of aromatic nitrogens is 3. The summed E-state index contributed by atoms with van der Waals surface area (Å²) in [5.41, 5.74) is 0.728. The van der Waals surface area contributed by atoms with Crippen LogP contribution in [0.15, 0.2) is 30.6 Å². The lowest BCUT2D eigenvalue weighted by Gasteiger charge is -2.18. The molecule has 0 aliphatic carbocycles. The standard InChI is InChI=1S/C14H19FN4/c1-3-16-9-11(8-14-17-10-18-19(14)2)12-6-4-5-7-13(12)15/h4-7,10-11,16H,3,8-9H2,1-2H3. The van der Waals surface area contributed by atoms with Crippen LogP contribution in [-0.2, 0) is 13.5 Å². The smallest absolute Gasteiger partial charge is 0.138 e. The topological polar surface area (TPSA) is 42.7 Å². The normalized spacial score (nSPS) is 12.6. The van der Waals surface area contributed by atoms with Gasteiger partial charge in [-0.3, -0.25) is 4.68 Å². The molecular formula is C14H19FN4. The van der Waals surface area contributed by atoms with Crippen molar-refractivity contribution in [3.8, 4) is 0 Å². The van der Waals surface area contributed by atoms with Gasteiger partial charge in [0.2, 0.25) is 0 Å². The third kappa shape index (κ3) is 3.38. The van der Waals surface area contributed by atoms with E-state index in [1.165, 1.54) is 12.4 Å². The third-order valence-electron chi connectivity index (χ3n) is 3.22. The van der Waals surface area contributed by atoms with E-state index in [0.717, 1.165) is 24.5 Å². The van der Waals surface area contributed by atoms with Crippen LogP contribution in [0.5, 0.6) is 0 Å². The second kappa shape index (κ2) is 6.43. The number of nitrogens with zero attached hydrogens (tertiary/aromatic N) is 3. The Bertz CT molecular complexity index is 524. The summed E-state index contributed by atoms with van der Waals surface area (Å²) in [6.07, 6.45) is 2.20. The lowest BCUT2D eigenvalue weighted by Crippen LogP contribution is -2.24. The predicted octanol–water partition coefficient (Wildman–Crippen LogP) is 1.89. The highest BCUT2D eigenvalue weighted by atomic mass is 19.1. The Morgan fingerprint density at radius 3 is 2.79 bits per heavy atom. The van der Waals surface area contributed by atoms with Gasteiger partial charge in [0.15, 0.2) is 0 Å². The molecule has 102 valence electrons.